The molecule has 0 amide bonds. The van der Waals surface area contributed by atoms with Gasteiger partial charge in [-0.15, -0.1) is 0 Å². The van der Waals surface area contributed by atoms with Crippen LogP contribution in [0.4, 0.5) is 0 Å². The standard InChI is InChI=1S/C8H7ClN2/c1-6-5-11-3-2-10-8(11)4-7(6)9/h2-5H,1H3. The smallest absolute Gasteiger partial charge is 0.138 e. The lowest BCUT2D eigenvalue weighted by Crippen LogP contribution is -1.85. The van der Waals surface area contributed by atoms with Crippen LogP contribution in [0.15, 0.2) is 24.7 Å². The summed E-state index contributed by atoms with van der Waals surface area (Å²) in [5.41, 5.74) is 1.96. The van der Waals surface area contributed by atoms with Gasteiger partial charge in [-0.05, 0) is 12.5 Å². The molecular formula is C8H7ClN2. The van der Waals surface area contributed by atoms with E-state index in [-0.39, 0.29) is 0 Å². The highest BCUT2D eigenvalue weighted by Crippen LogP contribution is 2.16. The van der Waals surface area contributed by atoms with Crippen molar-refractivity contribution in [2.45, 2.75) is 6.92 Å². The number of hydrogen-bond acceptors (Lipinski definition) is 1. The summed E-state index contributed by atoms with van der Waals surface area (Å²) in [7, 11) is 0. The van der Waals surface area contributed by atoms with Crippen molar-refractivity contribution in [3.05, 3.63) is 35.2 Å². The summed E-state index contributed by atoms with van der Waals surface area (Å²) >= 11 is 5.89. The molecule has 3 heteroatoms. The third-order valence-corrected chi connectivity index (χ3v) is 2.07. The van der Waals surface area contributed by atoms with Crippen LogP contribution in [0.1, 0.15) is 5.56 Å². The Kier molecular flexibility index (Phi) is 1.36. The number of rotatable bonds is 0. The van der Waals surface area contributed by atoms with Crippen LogP contribution in [-0.2, 0) is 0 Å². The summed E-state index contributed by atoms with van der Waals surface area (Å²) in [4.78, 5) is 4.10. The molecule has 2 aromatic rings. The number of pyridine rings is 1. The zero-order chi connectivity index (χ0) is 7.84. The first kappa shape index (κ1) is 6.68. The van der Waals surface area contributed by atoms with Crippen molar-refractivity contribution in [1.82, 2.24) is 9.38 Å². The van der Waals surface area contributed by atoms with E-state index >= 15 is 0 Å². The Labute approximate surface area is 69.4 Å². The van der Waals surface area contributed by atoms with Gasteiger partial charge in [0.05, 0.1) is 0 Å². The normalized spacial score (nSPS) is 10.7. The number of aryl methyl sites for hydroxylation is 1. The number of fused-ring (bicyclic) bond motifs is 1. The van der Waals surface area contributed by atoms with Crippen molar-refractivity contribution in [3.63, 3.8) is 0 Å². The van der Waals surface area contributed by atoms with E-state index in [9.17, 15) is 0 Å². The lowest BCUT2D eigenvalue weighted by atomic mass is 10.3. The molecule has 0 saturated heterocycles. The zero-order valence-corrected chi connectivity index (χ0v) is 6.84. The Bertz CT molecular complexity index is 356. The van der Waals surface area contributed by atoms with E-state index in [2.05, 4.69) is 4.98 Å². The fourth-order valence-corrected chi connectivity index (χ4v) is 1.19. The van der Waals surface area contributed by atoms with Crippen molar-refractivity contribution < 1.29 is 0 Å². The summed E-state index contributed by atoms with van der Waals surface area (Å²) in [6.45, 7) is 1.97. The summed E-state index contributed by atoms with van der Waals surface area (Å²) < 4.78 is 1.95. The molecule has 2 heterocycles. The number of hydrogen-bond donors (Lipinski definition) is 0. The van der Waals surface area contributed by atoms with Crippen molar-refractivity contribution in [2.24, 2.45) is 0 Å². The van der Waals surface area contributed by atoms with E-state index in [0.29, 0.717) is 0 Å². The molecule has 0 spiro atoms. The van der Waals surface area contributed by atoms with Gasteiger partial charge in [0.2, 0.25) is 0 Å². The highest BCUT2D eigenvalue weighted by molar-refractivity contribution is 6.31. The fraction of sp³-hybridized carbons (Fsp3) is 0.125. The van der Waals surface area contributed by atoms with E-state index in [1.165, 1.54) is 0 Å². The van der Waals surface area contributed by atoms with Crippen LogP contribution in [-0.4, -0.2) is 9.38 Å². The molecule has 0 aliphatic heterocycles. The monoisotopic (exact) mass is 166 g/mol. The molecule has 56 valence electrons. The van der Waals surface area contributed by atoms with Gasteiger partial charge in [-0.1, -0.05) is 11.6 Å². The lowest BCUT2D eigenvalue weighted by molar-refractivity contribution is 1.16. The summed E-state index contributed by atoms with van der Waals surface area (Å²) in [6, 6.07) is 1.86. The second kappa shape index (κ2) is 2.24. The highest BCUT2D eigenvalue weighted by Gasteiger charge is 1.97. The summed E-state index contributed by atoms with van der Waals surface area (Å²) in [5, 5.41) is 0.767. The Morgan fingerprint density at radius 3 is 3.18 bits per heavy atom. The van der Waals surface area contributed by atoms with Gasteiger partial charge in [-0.2, -0.15) is 0 Å². The topological polar surface area (TPSA) is 17.3 Å². The molecule has 11 heavy (non-hydrogen) atoms. The third kappa shape index (κ3) is 0.994. The maximum Gasteiger partial charge on any atom is 0.138 e. The zero-order valence-electron chi connectivity index (χ0n) is 6.08. The molecule has 0 fully saturated rings. The fourth-order valence-electron chi connectivity index (χ4n) is 1.04. The van der Waals surface area contributed by atoms with Crippen molar-refractivity contribution in [1.29, 1.82) is 0 Å². The minimum atomic E-state index is 0.767. The first-order chi connectivity index (χ1) is 5.27. The first-order valence-electron chi connectivity index (χ1n) is 3.36. The molecule has 2 aromatic heterocycles. The van der Waals surface area contributed by atoms with Crippen LogP contribution in [0.5, 0.6) is 0 Å². The van der Waals surface area contributed by atoms with Crippen molar-refractivity contribution >= 4 is 17.2 Å². The quantitative estimate of drug-likeness (QED) is 0.587. The van der Waals surface area contributed by atoms with Crippen LogP contribution in [0, 0.1) is 6.92 Å². The van der Waals surface area contributed by atoms with E-state index in [0.717, 1.165) is 16.2 Å². The molecule has 0 atom stereocenters. The second-order valence-corrected chi connectivity index (χ2v) is 2.90. The molecule has 0 aliphatic carbocycles. The van der Waals surface area contributed by atoms with Gasteiger partial charge in [-0.25, -0.2) is 4.98 Å². The van der Waals surface area contributed by atoms with Gasteiger partial charge in [0.15, 0.2) is 0 Å². The summed E-state index contributed by atoms with van der Waals surface area (Å²) in [6.07, 6.45) is 5.62. The van der Waals surface area contributed by atoms with E-state index in [4.69, 9.17) is 11.6 Å². The first-order valence-corrected chi connectivity index (χ1v) is 3.74. The highest BCUT2D eigenvalue weighted by atomic mass is 35.5. The average Bonchev–Trinajstić information content (AvgIpc) is 2.36. The molecule has 2 rings (SSSR count). The largest absolute Gasteiger partial charge is 0.307 e. The van der Waals surface area contributed by atoms with E-state index in [1.807, 2.05) is 29.8 Å². The predicted octanol–water partition coefficient (Wildman–Crippen LogP) is 2.30. The maximum absolute atomic E-state index is 5.89. The number of halogens is 1. The minimum absolute atomic E-state index is 0.767. The van der Waals surface area contributed by atoms with Gasteiger partial charge in [-0.3, -0.25) is 0 Å². The average molecular weight is 167 g/mol. The third-order valence-electron chi connectivity index (χ3n) is 1.66. The van der Waals surface area contributed by atoms with Crippen LogP contribution in [0.3, 0.4) is 0 Å². The van der Waals surface area contributed by atoms with Crippen LogP contribution >= 0.6 is 11.6 Å². The van der Waals surface area contributed by atoms with E-state index in [1.54, 1.807) is 6.20 Å². The van der Waals surface area contributed by atoms with E-state index < -0.39 is 0 Å². The van der Waals surface area contributed by atoms with Crippen LogP contribution in [0.25, 0.3) is 5.65 Å². The summed E-state index contributed by atoms with van der Waals surface area (Å²) in [5.74, 6) is 0. The second-order valence-electron chi connectivity index (χ2n) is 2.50. The molecule has 2 nitrogen and oxygen atoms in total. The number of aromatic nitrogens is 2. The molecule has 0 radical (unpaired) electrons. The van der Waals surface area contributed by atoms with Gasteiger partial charge in [0.1, 0.15) is 5.65 Å². The van der Waals surface area contributed by atoms with Gasteiger partial charge in [0, 0.05) is 29.7 Å². The number of nitrogens with zero attached hydrogens (tertiary/aromatic N) is 2. The molecule has 0 N–H and O–H groups in total. The Morgan fingerprint density at radius 1 is 1.55 bits per heavy atom. The van der Waals surface area contributed by atoms with Gasteiger partial charge < -0.3 is 4.40 Å². The SMILES string of the molecule is Cc1cn2ccnc2cc1Cl. The molecular weight excluding hydrogens is 160 g/mol. The van der Waals surface area contributed by atoms with Gasteiger partial charge in [0.25, 0.3) is 0 Å². The van der Waals surface area contributed by atoms with Crippen molar-refractivity contribution in [2.75, 3.05) is 0 Å². The maximum atomic E-state index is 5.89. The van der Waals surface area contributed by atoms with Crippen molar-refractivity contribution in [3.8, 4) is 0 Å². The van der Waals surface area contributed by atoms with Gasteiger partial charge >= 0.3 is 0 Å². The Balaban J connectivity index is 2.86. The Hall–Kier alpha value is -1.02. The minimum Gasteiger partial charge on any atom is -0.307 e. The molecule has 0 unspecified atom stereocenters. The molecule has 0 bridgehead atoms. The molecule has 0 aliphatic rings. The Morgan fingerprint density at radius 2 is 2.36 bits per heavy atom. The lowest BCUT2D eigenvalue weighted by Gasteiger charge is -1.97. The predicted molar refractivity (Wildman–Crippen MR) is 44.9 cm³/mol. The molecule has 0 saturated carbocycles. The number of imidazole rings is 1. The molecule has 0 aromatic carbocycles. The van der Waals surface area contributed by atoms with Crippen LogP contribution < -0.4 is 0 Å². The van der Waals surface area contributed by atoms with Crippen LogP contribution in [0.2, 0.25) is 5.02 Å².